The van der Waals surface area contributed by atoms with Crippen molar-refractivity contribution in [3.8, 4) is 11.1 Å². The highest BCUT2D eigenvalue weighted by atomic mass is 16.5. The van der Waals surface area contributed by atoms with Crippen molar-refractivity contribution >= 4 is 6.09 Å². The van der Waals surface area contributed by atoms with E-state index in [0.29, 0.717) is 6.42 Å². The Morgan fingerprint density at radius 1 is 1.03 bits per heavy atom. The molecule has 1 unspecified atom stereocenters. The first-order valence-corrected chi connectivity index (χ1v) is 9.73. The smallest absolute Gasteiger partial charge is 0.407 e. The lowest BCUT2D eigenvalue weighted by Gasteiger charge is -2.28. The number of pyridine rings is 1. The van der Waals surface area contributed by atoms with Gasteiger partial charge in [0.05, 0.1) is 12.1 Å². The number of carbonyl (C=O) groups excluding carboxylic acids is 1. The predicted octanol–water partition coefficient (Wildman–Crippen LogP) is 3.91. The molecule has 5 heteroatoms. The normalized spacial score (nSPS) is 14.6. The fourth-order valence-corrected chi connectivity index (χ4v) is 3.92. The third-order valence-corrected chi connectivity index (χ3v) is 5.39. The van der Waals surface area contributed by atoms with E-state index in [1.54, 1.807) is 13.1 Å². The second-order valence-electron chi connectivity index (χ2n) is 7.67. The van der Waals surface area contributed by atoms with E-state index in [2.05, 4.69) is 34.6 Å². The van der Waals surface area contributed by atoms with Crippen LogP contribution in [0.4, 0.5) is 4.79 Å². The number of aliphatic hydroxyl groups excluding tert-OH is 1. The second-order valence-corrected chi connectivity index (χ2v) is 7.67. The summed E-state index contributed by atoms with van der Waals surface area (Å²) < 4.78 is 5.59. The summed E-state index contributed by atoms with van der Waals surface area (Å²) in [5.74, 6) is 0.00400. The molecule has 29 heavy (non-hydrogen) atoms. The Morgan fingerprint density at radius 3 is 2.24 bits per heavy atom. The van der Waals surface area contributed by atoms with Crippen LogP contribution in [0.15, 0.2) is 72.9 Å². The molecule has 0 radical (unpaired) electrons. The van der Waals surface area contributed by atoms with Crippen molar-refractivity contribution in [1.82, 2.24) is 10.3 Å². The zero-order valence-corrected chi connectivity index (χ0v) is 16.3. The number of amides is 1. The topological polar surface area (TPSA) is 71.5 Å². The Balaban J connectivity index is 1.44. The minimum atomic E-state index is -0.850. The molecule has 0 spiro atoms. The standard InChI is InChI=1S/C24H24N2O3/c1-24(16-27,14-17-8-6-7-13-25-17)26-23(28)29-15-22-20-11-4-2-9-18(20)19-10-3-5-12-21(19)22/h2-13,22,27H,14-16H2,1H3,(H,26,28). The maximum Gasteiger partial charge on any atom is 0.407 e. The number of aromatic nitrogens is 1. The van der Waals surface area contributed by atoms with Gasteiger partial charge in [-0.05, 0) is 41.3 Å². The maximum atomic E-state index is 12.5. The van der Waals surface area contributed by atoms with Crippen LogP contribution < -0.4 is 5.32 Å². The number of aliphatic hydroxyl groups is 1. The Kier molecular flexibility index (Phi) is 5.32. The van der Waals surface area contributed by atoms with Gasteiger partial charge >= 0.3 is 6.09 Å². The molecule has 1 aromatic heterocycles. The van der Waals surface area contributed by atoms with Crippen LogP contribution in [0.1, 0.15) is 29.7 Å². The molecule has 1 aliphatic rings. The molecule has 4 rings (SSSR count). The number of nitrogens with zero attached hydrogens (tertiary/aromatic N) is 1. The van der Waals surface area contributed by atoms with E-state index in [1.165, 1.54) is 22.3 Å². The van der Waals surface area contributed by atoms with Crippen molar-refractivity contribution in [3.63, 3.8) is 0 Å². The summed E-state index contributed by atoms with van der Waals surface area (Å²) in [6, 6.07) is 22.0. The number of benzene rings is 2. The zero-order valence-electron chi connectivity index (χ0n) is 16.3. The quantitative estimate of drug-likeness (QED) is 0.672. The van der Waals surface area contributed by atoms with Crippen LogP contribution in [-0.2, 0) is 11.2 Å². The predicted molar refractivity (Wildman–Crippen MR) is 112 cm³/mol. The molecule has 0 bridgehead atoms. The first-order valence-electron chi connectivity index (χ1n) is 9.73. The summed E-state index contributed by atoms with van der Waals surface area (Å²) in [7, 11) is 0. The molecule has 0 saturated heterocycles. The largest absolute Gasteiger partial charge is 0.449 e. The molecule has 3 aromatic rings. The van der Waals surface area contributed by atoms with Crippen LogP contribution >= 0.6 is 0 Å². The minimum absolute atomic E-state index is 0.00400. The number of hydrogen-bond acceptors (Lipinski definition) is 4. The van der Waals surface area contributed by atoms with Crippen LogP contribution in [0, 0.1) is 0 Å². The van der Waals surface area contributed by atoms with Crippen molar-refractivity contribution in [1.29, 1.82) is 0 Å². The van der Waals surface area contributed by atoms with Gasteiger partial charge in [0, 0.05) is 24.2 Å². The summed E-state index contributed by atoms with van der Waals surface area (Å²) in [5.41, 5.74) is 4.65. The number of hydrogen-bond donors (Lipinski definition) is 2. The molecule has 1 aliphatic carbocycles. The molecule has 5 nitrogen and oxygen atoms in total. The van der Waals surface area contributed by atoms with E-state index >= 15 is 0 Å². The van der Waals surface area contributed by atoms with E-state index in [0.717, 1.165) is 5.69 Å². The van der Waals surface area contributed by atoms with Crippen LogP contribution in [-0.4, -0.2) is 34.9 Å². The average Bonchev–Trinajstić information content (AvgIpc) is 3.07. The van der Waals surface area contributed by atoms with E-state index in [4.69, 9.17) is 4.74 Å². The first kappa shape index (κ1) is 19.2. The molecule has 148 valence electrons. The minimum Gasteiger partial charge on any atom is -0.449 e. The van der Waals surface area contributed by atoms with Gasteiger partial charge < -0.3 is 15.2 Å². The first-order chi connectivity index (χ1) is 14.1. The van der Waals surface area contributed by atoms with Crippen molar-refractivity contribution in [2.45, 2.75) is 24.8 Å². The molecule has 1 amide bonds. The Hall–Kier alpha value is -3.18. The van der Waals surface area contributed by atoms with Gasteiger partial charge in [-0.25, -0.2) is 4.79 Å². The molecule has 0 saturated carbocycles. The van der Waals surface area contributed by atoms with Gasteiger partial charge in [-0.15, -0.1) is 0 Å². The molecule has 2 N–H and O–H groups in total. The third kappa shape index (κ3) is 4.00. The molecule has 0 aliphatic heterocycles. The SMILES string of the molecule is CC(CO)(Cc1ccccn1)NC(=O)OCC1c2ccccc2-c2ccccc21. The lowest BCUT2D eigenvalue weighted by molar-refractivity contribution is 0.114. The number of ether oxygens (including phenoxy) is 1. The summed E-state index contributed by atoms with van der Waals surface area (Å²) in [4.78, 5) is 16.8. The molecule has 2 aromatic carbocycles. The molecule has 1 atom stereocenters. The zero-order chi connectivity index (χ0) is 20.3. The van der Waals surface area contributed by atoms with Gasteiger partial charge in [-0.1, -0.05) is 54.6 Å². The molecule has 1 heterocycles. The van der Waals surface area contributed by atoms with E-state index in [1.807, 2.05) is 42.5 Å². The summed E-state index contributed by atoms with van der Waals surface area (Å²) in [6.07, 6.45) is 1.56. The number of rotatable bonds is 6. The van der Waals surface area contributed by atoms with E-state index in [9.17, 15) is 9.90 Å². The van der Waals surface area contributed by atoms with Gasteiger partial charge in [0.25, 0.3) is 0 Å². The maximum absolute atomic E-state index is 12.5. The summed E-state index contributed by atoms with van der Waals surface area (Å²) >= 11 is 0. The lowest BCUT2D eigenvalue weighted by atomic mass is 9.96. The number of alkyl carbamates (subject to hydrolysis) is 1. The van der Waals surface area contributed by atoms with Gasteiger partial charge in [-0.2, -0.15) is 0 Å². The Bertz CT molecular complexity index is 960. The number of nitrogens with one attached hydrogen (secondary N) is 1. The van der Waals surface area contributed by atoms with Gasteiger partial charge in [0.15, 0.2) is 0 Å². The van der Waals surface area contributed by atoms with Gasteiger partial charge in [-0.3, -0.25) is 4.98 Å². The Labute approximate surface area is 170 Å². The van der Waals surface area contributed by atoms with E-state index < -0.39 is 11.6 Å². The van der Waals surface area contributed by atoms with Gasteiger partial charge in [0.1, 0.15) is 6.61 Å². The van der Waals surface area contributed by atoms with Crippen molar-refractivity contribution in [2.24, 2.45) is 0 Å². The van der Waals surface area contributed by atoms with Crippen LogP contribution in [0.5, 0.6) is 0 Å². The highest BCUT2D eigenvalue weighted by Crippen LogP contribution is 2.44. The fraction of sp³-hybridized carbons (Fsp3) is 0.250. The molecular weight excluding hydrogens is 364 g/mol. The average molecular weight is 388 g/mol. The third-order valence-electron chi connectivity index (χ3n) is 5.39. The summed E-state index contributed by atoms with van der Waals surface area (Å²) in [5, 5.41) is 12.6. The second kappa shape index (κ2) is 8.05. The van der Waals surface area contributed by atoms with Crippen molar-refractivity contribution in [3.05, 3.63) is 89.7 Å². The van der Waals surface area contributed by atoms with E-state index in [-0.39, 0.29) is 19.1 Å². The van der Waals surface area contributed by atoms with Crippen molar-refractivity contribution in [2.75, 3.05) is 13.2 Å². The Morgan fingerprint density at radius 2 is 1.66 bits per heavy atom. The highest BCUT2D eigenvalue weighted by Gasteiger charge is 2.31. The highest BCUT2D eigenvalue weighted by molar-refractivity contribution is 5.79. The van der Waals surface area contributed by atoms with Crippen molar-refractivity contribution < 1.29 is 14.6 Å². The van der Waals surface area contributed by atoms with Crippen LogP contribution in [0.3, 0.4) is 0 Å². The number of carbonyl (C=O) groups is 1. The summed E-state index contributed by atoms with van der Waals surface area (Å²) in [6.45, 7) is 1.81. The monoisotopic (exact) mass is 388 g/mol. The van der Waals surface area contributed by atoms with Crippen LogP contribution in [0.25, 0.3) is 11.1 Å². The molecular formula is C24H24N2O3. The fourth-order valence-electron chi connectivity index (χ4n) is 3.92. The molecule has 0 fully saturated rings. The lowest BCUT2D eigenvalue weighted by Crippen LogP contribution is -2.51. The van der Waals surface area contributed by atoms with Gasteiger partial charge in [0.2, 0.25) is 0 Å². The van der Waals surface area contributed by atoms with Crippen LogP contribution in [0.2, 0.25) is 0 Å². The number of fused-ring (bicyclic) bond motifs is 3.